The predicted octanol–water partition coefficient (Wildman–Crippen LogP) is 2.79. The molecule has 1 heterocycles. The monoisotopic (exact) mass is 497 g/mol. The largest absolute Gasteiger partial charge is 0.454 e. The molecule has 0 aromatic heterocycles. The van der Waals surface area contributed by atoms with Gasteiger partial charge in [-0.15, -0.1) is 0 Å². The van der Waals surface area contributed by atoms with E-state index in [-0.39, 0.29) is 37.5 Å². The molecule has 0 radical (unpaired) electrons. The van der Waals surface area contributed by atoms with Crippen molar-refractivity contribution in [3.05, 3.63) is 30.1 Å². The number of amides is 2. The number of ether oxygens (including phenoxy) is 1. The van der Waals surface area contributed by atoms with Gasteiger partial charge in [0.25, 0.3) is 5.91 Å². The number of esters is 1. The summed E-state index contributed by atoms with van der Waals surface area (Å²) in [6.07, 6.45) is 5.32. The molecule has 5 aliphatic rings. The number of halogens is 1. The zero-order chi connectivity index (χ0) is 25.4. The van der Waals surface area contributed by atoms with Gasteiger partial charge >= 0.3 is 5.97 Å². The molecule has 4 aliphatic carbocycles. The molecule has 1 aromatic rings. The van der Waals surface area contributed by atoms with Crippen molar-refractivity contribution in [3.63, 3.8) is 0 Å². The average molecular weight is 498 g/mol. The fourth-order valence-electron chi connectivity index (χ4n) is 7.46. The van der Waals surface area contributed by atoms with Crippen LogP contribution in [0.1, 0.15) is 51.4 Å². The number of β-amino-alcohol motifs (C(OH)–C–C–N with tert-alkyl or cyclic N) is 1. The van der Waals surface area contributed by atoms with E-state index in [9.17, 15) is 23.9 Å². The summed E-state index contributed by atoms with van der Waals surface area (Å²) in [6.45, 7) is -0.616. The first-order valence-corrected chi connectivity index (χ1v) is 12.9. The molecule has 0 unspecified atom stereocenters. The number of hydrogen-bond acceptors (Lipinski definition) is 6. The van der Waals surface area contributed by atoms with Crippen LogP contribution in [0.25, 0.3) is 0 Å². The fraction of sp³-hybridized carbons (Fsp3) is 0.630. The van der Waals surface area contributed by atoms with Gasteiger partial charge in [-0.05, 0) is 68.4 Å². The van der Waals surface area contributed by atoms with Crippen LogP contribution in [0.2, 0.25) is 0 Å². The summed E-state index contributed by atoms with van der Waals surface area (Å²) in [7, 11) is 0. The fourth-order valence-corrected chi connectivity index (χ4v) is 7.46. The molecule has 1 N–H and O–H groups in total. The Kier molecular flexibility index (Phi) is 6.73. The summed E-state index contributed by atoms with van der Waals surface area (Å²) in [4.78, 5) is 42.3. The topological polar surface area (TPSA) is 111 Å². The molecular formula is C27H32FN3O5. The Morgan fingerprint density at radius 1 is 1.11 bits per heavy atom. The first-order valence-electron chi connectivity index (χ1n) is 12.9. The van der Waals surface area contributed by atoms with E-state index in [0.717, 1.165) is 24.2 Å². The van der Waals surface area contributed by atoms with Gasteiger partial charge in [0.05, 0.1) is 29.7 Å². The van der Waals surface area contributed by atoms with Crippen molar-refractivity contribution < 1.29 is 28.6 Å². The highest BCUT2D eigenvalue weighted by Gasteiger charge is 2.57. The van der Waals surface area contributed by atoms with Crippen LogP contribution >= 0.6 is 0 Å². The number of aliphatic hydroxyl groups excluding tert-OH is 1. The molecule has 0 spiro atoms. The summed E-state index contributed by atoms with van der Waals surface area (Å²) < 4.78 is 19.6. The van der Waals surface area contributed by atoms with Gasteiger partial charge in [0.15, 0.2) is 6.61 Å². The van der Waals surface area contributed by atoms with Gasteiger partial charge in [0.1, 0.15) is 11.9 Å². The van der Waals surface area contributed by atoms with Crippen LogP contribution < -0.4 is 4.90 Å². The van der Waals surface area contributed by atoms with Crippen LogP contribution in [0.3, 0.4) is 0 Å². The Morgan fingerprint density at radius 2 is 1.75 bits per heavy atom. The van der Waals surface area contributed by atoms with Crippen molar-refractivity contribution >= 4 is 23.5 Å². The minimum atomic E-state index is -0.950. The molecule has 5 fully saturated rings. The van der Waals surface area contributed by atoms with Crippen LogP contribution in [0.5, 0.6) is 0 Å². The van der Waals surface area contributed by atoms with Crippen molar-refractivity contribution in [3.8, 4) is 6.07 Å². The lowest BCUT2D eigenvalue weighted by Gasteiger charge is -2.56. The van der Waals surface area contributed by atoms with Gasteiger partial charge in [0.2, 0.25) is 5.91 Å². The van der Waals surface area contributed by atoms with Crippen molar-refractivity contribution in [2.75, 3.05) is 24.6 Å². The van der Waals surface area contributed by atoms with Gasteiger partial charge in [-0.25, -0.2) is 9.18 Å². The first kappa shape index (κ1) is 24.7. The Balaban J connectivity index is 1.26. The Hall–Kier alpha value is -2.99. The molecule has 36 heavy (non-hydrogen) atoms. The van der Waals surface area contributed by atoms with Crippen LogP contribution in [-0.2, 0) is 19.1 Å². The van der Waals surface area contributed by atoms with Crippen LogP contribution in [0.15, 0.2) is 24.3 Å². The highest BCUT2D eigenvalue weighted by atomic mass is 19.1. The van der Waals surface area contributed by atoms with E-state index < -0.39 is 41.9 Å². The summed E-state index contributed by atoms with van der Waals surface area (Å²) in [5.41, 5.74) is -0.449. The first-order chi connectivity index (χ1) is 17.3. The number of hydrogen-bond donors (Lipinski definition) is 1. The van der Waals surface area contributed by atoms with E-state index in [0.29, 0.717) is 17.8 Å². The van der Waals surface area contributed by atoms with E-state index in [2.05, 4.69) is 0 Å². The molecule has 9 heteroatoms. The van der Waals surface area contributed by atoms with Crippen LogP contribution in [0.4, 0.5) is 10.1 Å². The molecule has 2 amide bonds. The van der Waals surface area contributed by atoms with E-state index in [4.69, 9.17) is 10.00 Å². The number of para-hydroxylation sites is 1. The average Bonchev–Trinajstić information content (AvgIpc) is 3.24. The van der Waals surface area contributed by atoms with Gasteiger partial charge in [-0.2, -0.15) is 5.26 Å². The third kappa shape index (κ3) is 4.59. The molecule has 1 aliphatic heterocycles. The quantitative estimate of drug-likeness (QED) is 0.580. The number of nitriles is 1. The zero-order valence-electron chi connectivity index (χ0n) is 20.3. The Morgan fingerprint density at radius 3 is 2.36 bits per heavy atom. The number of anilines is 1. The van der Waals surface area contributed by atoms with Crippen LogP contribution in [-0.4, -0.2) is 59.6 Å². The molecule has 6 rings (SSSR count). The Labute approximate surface area is 210 Å². The smallest absolute Gasteiger partial charge is 0.329 e. The van der Waals surface area contributed by atoms with Crippen molar-refractivity contribution in [1.29, 1.82) is 5.26 Å². The van der Waals surface area contributed by atoms with Crippen molar-refractivity contribution in [2.45, 2.75) is 63.5 Å². The third-order valence-electron chi connectivity index (χ3n) is 8.53. The van der Waals surface area contributed by atoms with Gasteiger partial charge < -0.3 is 19.6 Å². The maximum absolute atomic E-state index is 14.3. The van der Waals surface area contributed by atoms with Crippen molar-refractivity contribution in [2.24, 2.45) is 23.2 Å². The minimum absolute atomic E-state index is 0.00343. The van der Waals surface area contributed by atoms with Gasteiger partial charge in [-0.3, -0.25) is 9.59 Å². The molecule has 4 saturated carbocycles. The van der Waals surface area contributed by atoms with E-state index in [1.165, 1.54) is 42.4 Å². The second kappa shape index (κ2) is 9.81. The Bertz CT molecular complexity index is 1050. The van der Waals surface area contributed by atoms with E-state index in [1.807, 2.05) is 6.07 Å². The summed E-state index contributed by atoms with van der Waals surface area (Å²) >= 11 is 0. The number of aliphatic hydroxyl groups is 1. The number of rotatable bonds is 7. The highest BCUT2D eigenvalue weighted by molar-refractivity contribution is 5.96. The number of nitrogens with zero attached hydrogens (tertiary/aromatic N) is 3. The van der Waals surface area contributed by atoms with E-state index >= 15 is 0 Å². The SMILES string of the molecule is N#CCCN(C(=O)COC(=O)[C@@H]1C[C@H](O)CN1C(=O)C12CC3CC(CC(C3)C1)C2)c1ccccc1F. The number of benzene rings is 1. The normalized spacial score (nSPS) is 32.2. The van der Waals surface area contributed by atoms with Gasteiger partial charge in [0, 0.05) is 19.5 Å². The van der Waals surface area contributed by atoms with E-state index in [1.54, 1.807) is 6.07 Å². The highest BCUT2D eigenvalue weighted by Crippen LogP contribution is 2.60. The summed E-state index contributed by atoms with van der Waals surface area (Å²) in [5, 5.41) is 19.3. The number of carbonyl (C=O) groups excluding carboxylic acids is 3. The van der Waals surface area contributed by atoms with Crippen LogP contribution in [0, 0.1) is 40.3 Å². The molecule has 1 saturated heterocycles. The van der Waals surface area contributed by atoms with Gasteiger partial charge in [-0.1, -0.05) is 12.1 Å². The number of likely N-dealkylation sites (tertiary alicyclic amines) is 1. The summed E-state index contributed by atoms with van der Waals surface area (Å²) in [5.74, 6) is -0.404. The molecule has 1 aromatic carbocycles. The molecule has 4 bridgehead atoms. The second-order valence-electron chi connectivity index (χ2n) is 11.1. The lowest BCUT2D eigenvalue weighted by molar-refractivity contribution is -0.166. The standard InChI is InChI=1S/C27H32FN3O5/c28-21-4-1-2-5-22(21)30(7-3-6-29)24(33)16-36-25(34)23-11-20(32)15-31(23)26(35)27-12-17-8-18(13-27)10-19(9-17)14-27/h1-2,4-5,17-20,23,32H,3,7-16H2/t17?,18?,19?,20-,23-,27?/m0/s1. The maximum Gasteiger partial charge on any atom is 0.329 e. The third-order valence-corrected chi connectivity index (χ3v) is 8.53. The van der Waals surface area contributed by atoms with Crippen molar-refractivity contribution in [1.82, 2.24) is 4.90 Å². The zero-order valence-corrected chi connectivity index (χ0v) is 20.3. The number of carbonyl (C=O) groups is 3. The summed E-state index contributed by atoms with van der Waals surface area (Å²) in [6, 6.07) is 6.68. The maximum atomic E-state index is 14.3. The molecule has 2 atom stereocenters. The lowest BCUT2D eigenvalue weighted by atomic mass is 9.49. The predicted molar refractivity (Wildman–Crippen MR) is 127 cm³/mol. The molecule has 8 nitrogen and oxygen atoms in total. The minimum Gasteiger partial charge on any atom is -0.454 e. The second-order valence-corrected chi connectivity index (χ2v) is 11.1. The molecular weight excluding hydrogens is 465 g/mol. The molecule has 192 valence electrons. The lowest BCUT2D eigenvalue weighted by Crippen LogP contribution is -2.56.